The van der Waals surface area contributed by atoms with Gasteiger partial charge in [0.15, 0.2) is 0 Å². The number of rotatable bonds is 12. The van der Waals surface area contributed by atoms with Gasteiger partial charge >= 0.3 is 0 Å². The molecular weight excluding hydrogens is 522 g/mol. The van der Waals surface area contributed by atoms with E-state index in [4.69, 9.17) is 11.6 Å². The first-order valence-corrected chi connectivity index (χ1v) is 14.4. The first-order valence-electron chi connectivity index (χ1n) is 12.6. The first kappa shape index (κ1) is 29.2. The van der Waals surface area contributed by atoms with Crippen molar-refractivity contribution in [2.75, 3.05) is 17.4 Å². The fourth-order valence-electron chi connectivity index (χ4n) is 3.90. The summed E-state index contributed by atoms with van der Waals surface area (Å²) in [5.41, 5.74) is 1.99. The predicted octanol–water partition coefficient (Wildman–Crippen LogP) is 5.18. The van der Waals surface area contributed by atoms with Gasteiger partial charge in [0.1, 0.15) is 12.6 Å². The third-order valence-corrected chi connectivity index (χ3v) is 8.20. The van der Waals surface area contributed by atoms with Crippen LogP contribution in [-0.4, -0.2) is 44.3 Å². The van der Waals surface area contributed by atoms with Crippen molar-refractivity contribution in [1.29, 1.82) is 0 Å². The number of hydrogen-bond acceptors (Lipinski definition) is 4. The van der Waals surface area contributed by atoms with Gasteiger partial charge in [-0.25, -0.2) is 8.42 Å². The minimum absolute atomic E-state index is 0.0517. The van der Waals surface area contributed by atoms with Crippen molar-refractivity contribution in [3.63, 3.8) is 0 Å². The SMILES string of the molecule is CCCCNC(=O)[C@@H](C)N(Cc1ccccc1)C(=O)CN(c1cccc(Cl)c1)S(=O)(=O)c1ccc(C)cc1. The number of anilines is 1. The Morgan fingerprint density at radius 2 is 1.66 bits per heavy atom. The third-order valence-electron chi connectivity index (χ3n) is 6.18. The smallest absolute Gasteiger partial charge is 0.264 e. The largest absolute Gasteiger partial charge is 0.354 e. The maximum absolute atomic E-state index is 13.8. The lowest BCUT2D eigenvalue weighted by molar-refractivity contribution is -0.139. The normalized spacial score (nSPS) is 12.0. The van der Waals surface area contributed by atoms with Crippen LogP contribution in [-0.2, 0) is 26.2 Å². The summed E-state index contributed by atoms with van der Waals surface area (Å²) in [6.07, 6.45) is 1.75. The molecule has 0 radical (unpaired) electrons. The van der Waals surface area contributed by atoms with Crippen molar-refractivity contribution < 1.29 is 18.0 Å². The van der Waals surface area contributed by atoms with E-state index in [0.29, 0.717) is 11.6 Å². The number of carbonyl (C=O) groups excluding carboxylic acids is 2. The highest BCUT2D eigenvalue weighted by Gasteiger charge is 2.32. The second kappa shape index (κ2) is 13.4. The maximum Gasteiger partial charge on any atom is 0.264 e. The number of nitrogens with one attached hydrogen (secondary N) is 1. The zero-order valence-corrected chi connectivity index (χ0v) is 23.5. The fourth-order valence-corrected chi connectivity index (χ4v) is 5.49. The van der Waals surface area contributed by atoms with E-state index < -0.39 is 28.5 Å². The molecule has 2 amide bonds. The summed E-state index contributed by atoms with van der Waals surface area (Å²) in [7, 11) is -4.13. The predicted molar refractivity (Wildman–Crippen MR) is 152 cm³/mol. The molecule has 0 unspecified atom stereocenters. The molecule has 0 saturated carbocycles. The Hall–Kier alpha value is -3.36. The number of aryl methyl sites for hydroxylation is 1. The Labute approximate surface area is 230 Å². The molecule has 9 heteroatoms. The molecular formula is C29H34ClN3O4S. The Balaban J connectivity index is 1.98. The summed E-state index contributed by atoms with van der Waals surface area (Å²) in [6.45, 7) is 5.69. The van der Waals surface area contributed by atoms with Gasteiger partial charge in [0.25, 0.3) is 10.0 Å². The van der Waals surface area contributed by atoms with Crippen LogP contribution in [0.2, 0.25) is 5.02 Å². The standard InChI is InChI=1S/C29H34ClN3O4S/c1-4-5-18-31-29(35)23(3)32(20-24-10-7-6-8-11-24)28(34)21-33(26-13-9-12-25(30)19-26)38(36,37)27-16-14-22(2)15-17-27/h6-17,19,23H,4-5,18,20-21H2,1-3H3,(H,31,35)/t23-/m1/s1. The molecule has 3 aromatic carbocycles. The van der Waals surface area contributed by atoms with Gasteiger partial charge in [0.2, 0.25) is 11.8 Å². The van der Waals surface area contributed by atoms with Gasteiger partial charge in [-0.3, -0.25) is 13.9 Å². The Morgan fingerprint density at radius 1 is 0.974 bits per heavy atom. The van der Waals surface area contributed by atoms with Crippen LogP contribution in [0, 0.1) is 6.92 Å². The minimum atomic E-state index is -4.13. The topological polar surface area (TPSA) is 86.8 Å². The number of nitrogens with zero attached hydrogens (tertiary/aromatic N) is 2. The van der Waals surface area contributed by atoms with E-state index in [9.17, 15) is 18.0 Å². The molecule has 0 bridgehead atoms. The van der Waals surface area contributed by atoms with E-state index in [0.717, 1.165) is 28.3 Å². The van der Waals surface area contributed by atoms with Gasteiger partial charge in [0, 0.05) is 18.1 Å². The fraction of sp³-hybridized carbons (Fsp3) is 0.310. The van der Waals surface area contributed by atoms with Crippen LogP contribution in [0.1, 0.15) is 37.8 Å². The van der Waals surface area contributed by atoms with E-state index in [1.165, 1.54) is 23.1 Å². The minimum Gasteiger partial charge on any atom is -0.354 e. The number of unbranched alkanes of at least 4 members (excludes halogenated alkanes) is 1. The molecule has 1 N–H and O–H groups in total. The highest BCUT2D eigenvalue weighted by molar-refractivity contribution is 7.92. The quantitative estimate of drug-likeness (QED) is 0.312. The molecule has 0 spiro atoms. The lowest BCUT2D eigenvalue weighted by Gasteiger charge is -2.32. The summed E-state index contributed by atoms with van der Waals surface area (Å²) in [5.74, 6) is -0.805. The Bertz CT molecular complexity index is 1330. The highest BCUT2D eigenvalue weighted by atomic mass is 35.5. The van der Waals surface area contributed by atoms with Crippen molar-refractivity contribution in [3.05, 3.63) is 95.0 Å². The molecule has 0 aromatic heterocycles. The maximum atomic E-state index is 13.8. The van der Waals surface area contributed by atoms with Crippen molar-refractivity contribution in [3.8, 4) is 0 Å². The average molecular weight is 556 g/mol. The molecule has 3 rings (SSSR count). The van der Waals surface area contributed by atoms with Crippen molar-refractivity contribution in [2.24, 2.45) is 0 Å². The molecule has 0 aliphatic carbocycles. The Kier molecular flexibility index (Phi) is 10.3. The monoisotopic (exact) mass is 555 g/mol. The van der Waals surface area contributed by atoms with E-state index in [1.54, 1.807) is 37.3 Å². The van der Waals surface area contributed by atoms with Crippen LogP contribution in [0.15, 0.2) is 83.8 Å². The molecule has 0 heterocycles. The zero-order valence-electron chi connectivity index (χ0n) is 21.9. The molecule has 0 fully saturated rings. The number of amides is 2. The number of halogens is 1. The van der Waals surface area contributed by atoms with Gasteiger partial charge in [-0.05, 0) is 56.2 Å². The molecule has 1 atom stereocenters. The second-order valence-corrected chi connectivity index (χ2v) is 11.4. The van der Waals surface area contributed by atoms with Gasteiger partial charge in [-0.2, -0.15) is 0 Å². The molecule has 0 aliphatic heterocycles. The lowest BCUT2D eigenvalue weighted by atomic mass is 10.1. The summed E-state index contributed by atoms with van der Waals surface area (Å²) in [5, 5.41) is 3.21. The van der Waals surface area contributed by atoms with Crippen LogP contribution in [0.4, 0.5) is 5.69 Å². The van der Waals surface area contributed by atoms with Crippen LogP contribution >= 0.6 is 11.6 Å². The Morgan fingerprint density at radius 3 is 2.29 bits per heavy atom. The van der Waals surface area contributed by atoms with Crippen molar-refractivity contribution >= 4 is 39.1 Å². The third kappa shape index (κ3) is 7.58. The number of carbonyl (C=O) groups is 2. The molecule has 38 heavy (non-hydrogen) atoms. The molecule has 7 nitrogen and oxygen atoms in total. The molecule has 0 saturated heterocycles. The number of sulfonamides is 1. The van der Waals surface area contributed by atoms with Crippen LogP contribution in [0.3, 0.4) is 0 Å². The van der Waals surface area contributed by atoms with E-state index in [1.807, 2.05) is 44.2 Å². The first-order chi connectivity index (χ1) is 18.1. The van der Waals surface area contributed by atoms with Crippen molar-refractivity contribution in [1.82, 2.24) is 10.2 Å². The molecule has 202 valence electrons. The number of benzene rings is 3. The van der Waals surface area contributed by atoms with Gasteiger partial charge in [-0.1, -0.05) is 79.0 Å². The summed E-state index contributed by atoms with van der Waals surface area (Å²) >= 11 is 6.19. The number of hydrogen-bond donors (Lipinski definition) is 1. The highest BCUT2D eigenvalue weighted by Crippen LogP contribution is 2.27. The van der Waals surface area contributed by atoms with Gasteiger partial charge in [-0.15, -0.1) is 0 Å². The zero-order chi connectivity index (χ0) is 27.7. The van der Waals surface area contributed by atoms with Gasteiger partial charge in [0.05, 0.1) is 10.6 Å². The summed E-state index contributed by atoms with van der Waals surface area (Å²) in [6, 6.07) is 21.3. The lowest BCUT2D eigenvalue weighted by Crippen LogP contribution is -2.51. The van der Waals surface area contributed by atoms with Gasteiger partial charge < -0.3 is 10.2 Å². The molecule has 0 aliphatic rings. The average Bonchev–Trinajstić information content (AvgIpc) is 2.90. The van der Waals surface area contributed by atoms with Crippen LogP contribution in [0.5, 0.6) is 0 Å². The van der Waals surface area contributed by atoms with Crippen LogP contribution in [0.25, 0.3) is 0 Å². The summed E-state index contributed by atoms with van der Waals surface area (Å²) in [4.78, 5) is 28.2. The van der Waals surface area contributed by atoms with E-state index >= 15 is 0 Å². The molecule has 3 aromatic rings. The van der Waals surface area contributed by atoms with E-state index in [2.05, 4.69) is 5.32 Å². The van der Waals surface area contributed by atoms with Crippen molar-refractivity contribution in [2.45, 2.75) is 51.1 Å². The van der Waals surface area contributed by atoms with Crippen LogP contribution < -0.4 is 9.62 Å². The summed E-state index contributed by atoms with van der Waals surface area (Å²) < 4.78 is 28.6. The van der Waals surface area contributed by atoms with E-state index in [-0.39, 0.29) is 23.0 Å². The second-order valence-electron chi connectivity index (χ2n) is 9.13.